The Balaban J connectivity index is 1.22. The summed E-state index contributed by atoms with van der Waals surface area (Å²) in [6, 6.07) is 20.8. The SMILES string of the molecule is Cc1nnc([C@H]2O[C@@H](n3cnc4c(NCC(c5ccccc5)c5ccccc5)nc(Cl)nc43)[C@@H]3OC(C)(C)O[C@@H]32)s1. The van der Waals surface area contributed by atoms with E-state index in [0.717, 1.165) is 10.0 Å². The van der Waals surface area contributed by atoms with Crippen molar-refractivity contribution in [2.45, 2.75) is 57.0 Å². The van der Waals surface area contributed by atoms with Gasteiger partial charge < -0.3 is 19.5 Å². The minimum Gasteiger partial charge on any atom is -0.367 e. The predicted octanol–water partition coefficient (Wildman–Crippen LogP) is 5.67. The maximum atomic E-state index is 6.52. The van der Waals surface area contributed by atoms with Crippen LogP contribution in [-0.2, 0) is 14.2 Å². The normalized spacial score (nSPS) is 23.3. The van der Waals surface area contributed by atoms with E-state index < -0.39 is 24.2 Å². The van der Waals surface area contributed by atoms with Crippen molar-refractivity contribution in [2.75, 3.05) is 11.9 Å². The van der Waals surface area contributed by atoms with Gasteiger partial charge in [-0.3, -0.25) is 4.57 Å². The Morgan fingerprint density at radius 1 is 0.976 bits per heavy atom. The van der Waals surface area contributed by atoms with E-state index in [9.17, 15) is 0 Å². The smallest absolute Gasteiger partial charge is 0.226 e. The van der Waals surface area contributed by atoms with E-state index in [4.69, 9.17) is 30.8 Å². The lowest BCUT2D eigenvalue weighted by molar-refractivity contribution is -0.197. The first-order valence-corrected chi connectivity index (χ1v) is 14.6. The van der Waals surface area contributed by atoms with Crippen molar-refractivity contribution in [3.63, 3.8) is 0 Å². The highest BCUT2D eigenvalue weighted by Gasteiger charge is 2.57. The molecule has 5 heterocycles. The van der Waals surface area contributed by atoms with Gasteiger partial charge in [0.05, 0.1) is 6.33 Å². The second-order valence-corrected chi connectivity index (χ2v) is 12.1. The summed E-state index contributed by atoms with van der Waals surface area (Å²) in [6.07, 6.45) is -0.102. The Labute approximate surface area is 245 Å². The van der Waals surface area contributed by atoms with Crippen LogP contribution in [0.5, 0.6) is 0 Å². The van der Waals surface area contributed by atoms with Gasteiger partial charge in [0.1, 0.15) is 28.3 Å². The molecule has 2 aromatic carbocycles. The van der Waals surface area contributed by atoms with Crippen LogP contribution in [0.4, 0.5) is 5.82 Å². The van der Waals surface area contributed by atoms with E-state index in [1.165, 1.54) is 22.5 Å². The fourth-order valence-electron chi connectivity index (χ4n) is 5.62. The van der Waals surface area contributed by atoms with Crippen molar-refractivity contribution in [3.8, 4) is 0 Å². The van der Waals surface area contributed by atoms with Crippen LogP contribution in [0.25, 0.3) is 11.2 Å². The van der Waals surface area contributed by atoms with Gasteiger partial charge in [0, 0.05) is 12.5 Å². The third kappa shape index (κ3) is 4.98. The van der Waals surface area contributed by atoms with Gasteiger partial charge in [0.2, 0.25) is 5.28 Å². The maximum Gasteiger partial charge on any atom is 0.226 e. The number of hydrogen-bond acceptors (Lipinski definition) is 10. The van der Waals surface area contributed by atoms with Crippen LogP contribution in [-0.4, -0.2) is 54.3 Å². The zero-order valence-corrected chi connectivity index (χ0v) is 24.2. The molecule has 0 bridgehead atoms. The Morgan fingerprint density at radius 3 is 2.32 bits per heavy atom. The zero-order valence-electron chi connectivity index (χ0n) is 22.6. The number of nitrogens with one attached hydrogen (secondary N) is 1. The van der Waals surface area contributed by atoms with E-state index in [2.05, 4.69) is 49.7 Å². The van der Waals surface area contributed by atoms with Gasteiger partial charge >= 0.3 is 0 Å². The number of imidazole rings is 1. The molecule has 0 amide bonds. The fourth-order valence-corrected chi connectivity index (χ4v) is 6.56. The molecule has 2 aliphatic heterocycles. The molecule has 4 atom stereocenters. The van der Waals surface area contributed by atoms with Crippen LogP contribution in [0.3, 0.4) is 0 Å². The summed E-state index contributed by atoms with van der Waals surface area (Å²) in [5.74, 6) is -0.149. The number of nitrogens with zero attached hydrogens (tertiary/aromatic N) is 6. The molecule has 2 aliphatic rings. The number of benzene rings is 2. The van der Waals surface area contributed by atoms with Gasteiger partial charge in [-0.05, 0) is 43.5 Å². The van der Waals surface area contributed by atoms with Crippen LogP contribution >= 0.6 is 22.9 Å². The summed E-state index contributed by atoms with van der Waals surface area (Å²) >= 11 is 7.96. The number of aryl methyl sites for hydroxylation is 1. The van der Waals surface area contributed by atoms with Crippen molar-refractivity contribution in [1.82, 2.24) is 29.7 Å². The topological polar surface area (TPSA) is 109 Å². The highest BCUT2D eigenvalue weighted by molar-refractivity contribution is 7.11. The summed E-state index contributed by atoms with van der Waals surface area (Å²) in [5, 5.41) is 13.7. The van der Waals surface area contributed by atoms with Crippen LogP contribution < -0.4 is 5.32 Å². The Hall–Kier alpha value is -3.48. The molecule has 210 valence electrons. The third-order valence-corrected chi connectivity index (χ3v) is 8.43. The molecule has 2 saturated heterocycles. The van der Waals surface area contributed by atoms with E-state index in [-0.39, 0.29) is 17.3 Å². The van der Waals surface area contributed by atoms with Crippen molar-refractivity contribution < 1.29 is 14.2 Å². The summed E-state index contributed by atoms with van der Waals surface area (Å²) in [4.78, 5) is 13.8. The second kappa shape index (κ2) is 10.4. The third-order valence-electron chi connectivity index (χ3n) is 7.36. The van der Waals surface area contributed by atoms with Gasteiger partial charge in [-0.15, -0.1) is 10.2 Å². The summed E-state index contributed by atoms with van der Waals surface area (Å²) in [7, 11) is 0. The van der Waals surface area contributed by atoms with Crippen molar-refractivity contribution >= 4 is 39.9 Å². The number of anilines is 1. The van der Waals surface area contributed by atoms with Crippen molar-refractivity contribution in [2.24, 2.45) is 0 Å². The monoisotopic (exact) mass is 589 g/mol. The average molecular weight is 590 g/mol. The number of hydrogen-bond donors (Lipinski definition) is 1. The second-order valence-electron chi connectivity index (χ2n) is 10.6. The lowest BCUT2D eigenvalue weighted by Gasteiger charge is -2.24. The number of rotatable bonds is 7. The number of fused-ring (bicyclic) bond motifs is 2. The van der Waals surface area contributed by atoms with Crippen molar-refractivity contribution in [1.29, 1.82) is 0 Å². The molecular formula is C29H28ClN7O3S. The first kappa shape index (κ1) is 26.4. The number of halogens is 1. The van der Waals surface area contributed by atoms with Gasteiger partial charge in [-0.1, -0.05) is 72.0 Å². The summed E-state index contributed by atoms with van der Waals surface area (Å²) < 4.78 is 21.0. The van der Waals surface area contributed by atoms with Crippen LogP contribution in [0.1, 0.15) is 53.2 Å². The molecule has 0 unspecified atom stereocenters. The molecule has 1 N–H and O–H groups in total. The zero-order chi connectivity index (χ0) is 28.1. The van der Waals surface area contributed by atoms with Gasteiger partial charge in [0.15, 0.2) is 29.0 Å². The maximum absolute atomic E-state index is 6.52. The largest absolute Gasteiger partial charge is 0.367 e. The van der Waals surface area contributed by atoms with Gasteiger partial charge in [0.25, 0.3) is 0 Å². The molecule has 12 heteroatoms. The van der Waals surface area contributed by atoms with Gasteiger partial charge in [-0.25, -0.2) is 4.98 Å². The standard InChI is InChI=1S/C29H28ClN7O3S/c1-16-35-36-26(41-16)22-21-23(40-29(2,3)39-21)27(38-22)37-15-32-20-24(33-28(30)34-25(20)37)31-14-19(17-10-6-4-7-11-17)18-12-8-5-9-13-18/h4-13,15,19,21-23,27H,14H2,1-3H3,(H,31,33,34)/t21-,22+,23-,27-/m1/s1. The van der Waals surface area contributed by atoms with Crippen LogP contribution in [0, 0.1) is 6.92 Å². The van der Waals surface area contributed by atoms with E-state index in [1.54, 1.807) is 6.33 Å². The molecule has 2 fully saturated rings. The van der Waals surface area contributed by atoms with Crippen LogP contribution in [0.2, 0.25) is 5.28 Å². The minimum absolute atomic E-state index is 0.0876. The highest BCUT2D eigenvalue weighted by Crippen LogP contribution is 2.50. The highest BCUT2D eigenvalue weighted by atomic mass is 35.5. The van der Waals surface area contributed by atoms with E-state index >= 15 is 0 Å². The molecule has 3 aromatic heterocycles. The Morgan fingerprint density at radius 2 is 1.66 bits per heavy atom. The molecule has 0 aliphatic carbocycles. The lowest BCUT2D eigenvalue weighted by Crippen LogP contribution is -2.27. The molecular weight excluding hydrogens is 562 g/mol. The first-order valence-electron chi connectivity index (χ1n) is 13.4. The van der Waals surface area contributed by atoms with Gasteiger partial charge in [-0.2, -0.15) is 9.97 Å². The predicted molar refractivity (Wildman–Crippen MR) is 155 cm³/mol. The van der Waals surface area contributed by atoms with Crippen molar-refractivity contribution in [3.05, 3.63) is 93.4 Å². The molecule has 10 nitrogen and oxygen atoms in total. The first-order chi connectivity index (χ1) is 19.9. The number of ether oxygens (including phenoxy) is 3. The lowest BCUT2D eigenvalue weighted by atomic mass is 9.91. The van der Waals surface area contributed by atoms with Crippen LogP contribution in [0.15, 0.2) is 67.0 Å². The fraction of sp³-hybridized carbons (Fsp3) is 0.345. The molecule has 0 spiro atoms. The Kier molecular flexibility index (Phi) is 6.71. The van der Waals surface area contributed by atoms with E-state index in [1.807, 2.05) is 61.7 Å². The average Bonchev–Trinajstić information content (AvgIpc) is 3.72. The molecule has 5 aromatic rings. The molecule has 0 saturated carbocycles. The number of aromatic nitrogens is 6. The van der Waals surface area contributed by atoms with E-state index in [0.29, 0.717) is 23.5 Å². The Bertz CT molecular complexity index is 1640. The quantitative estimate of drug-likeness (QED) is 0.240. The summed E-state index contributed by atoms with van der Waals surface area (Å²) in [5.41, 5.74) is 3.51. The molecule has 7 rings (SSSR count). The summed E-state index contributed by atoms with van der Waals surface area (Å²) in [6.45, 7) is 6.29. The minimum atomic E-state index is -0.783. The molecule has 41 heavy (non-hydrogen) atoms. The molecule has 0 radical (unpaired) electrons.